The summed E-state index contributed by atoms with van der Waals surface area (Å²) >= 11 is 0. The predicted molar refractivity (Wildman–Crippen MR) is 72.2 cm³/mol. The van der Waals surface area contributed by atoms with Crippen LogP contribution in [-0.4, -0.2) is 20.9 Å². The fourth-order valence-corrected chi connectivity index (χ4v) is 2.58. The van der Waals surface area contributed by atoms with Crippen molar-refractivity contribution in [3.8, 4) is 0 Å². The van der Waals surface area contributed by atoms with Gasteiger partial charge in [0.25, 0.3) is 0 Å². The van der Waals surface area contributed by atoms with E-state index in [2.05, 4.69) is 15.1 Å². The lowest BCUT2D eigenvalue weighted by molar-refractivity contribution is -0.120. The van der Waals surface area contributed by atoms with Crippen LogP contribution in [0.2, 0.25) is 0 Å². The van der Waals surface area contributed by atoms with E-state index in [1.165, 1.54) is 0 Å². The molecule has 0 aromatic carbocycles. The Hall–Kier alpha value is -2.04. The highest BCUT2D eigenvalue weighted by molar-refractivity contribution is 5.84. The summed E-state index contributed by atoms with van der Waals surface area (Å²) in [4.78, 5) is 20.4. The average Bonchev–Trinajstić information content (AvgIpc) is 2.81. The maximum absolute atomic E-state index is 12.0. The van der Waals surface area contributed by atoms with Crippen LogP contribution in [0, 0.1) is 0 Å². The third-order valence-electron chi connectivity index (χ3n) is 3.70. The number of ketones is 1. The molecule has 1 saturated carbocycles. The summed E-state index contributed by atoms with van der Waals surface area (Å²) in [6.45, 7) is 0. The van der Waals surface area contributed by atoms with E-state index in [9.17, 15) is 4.79 Å². The molecule has 0 saturated heterocycles. The Balaban J connectivity index is 1.74. The minimum atomic E-state index is -0.198. The zero-order chi connectivity index (χ0) is 13.8. The first-order chi connectivity index (χ1) is 9.83. The second-order valence-electron chi connectivity index (χ2n) is 5.20. The van der Waals surface area contributed by atoms with Crippen molar-refractivity contribution in [3.63, 3.8) is 0 Å². The normalized spacial score (nSPS) is 19.8. The molecule has 2 aromatic heterocycles. The molecule has 1 fully saturated rings. The molecule has 0 radical (unpaired) electrons. The third kappa shape index (κ3) is 2.92. The van der Waals surface area contributed by atoms with Crippen LogP contribution in [0.4, 0.5) is 0 Å². The maximum atomic E-state index is 12.0. The van der Waals surface area contributed by atoms with Gasteiger partial charge in [-0.15, -0.1) is 0 Å². The van der Waals surface area contributed by atoms with E-state index >= 15 is 0 Å². The van der Waals surface area contributed by atoms with Gasteiger partial charge in [0, 0.05) is 25.2 Å². The molecular formula is C15H17N3O2. The van der Waals surface area contributed by atoms with Crippen molar-refractivity contribution < 1.29 is 9.32 Å². The Kier molecular flexibility index (Phi) is 3.85. The Bertz CT molecular complexity index is 580. The Morgan fingerprint density at radius 3 is 2.90 bits per heavy atom. The molecule has 20 heavy (non-hydrogen) atoms. The van der Waals surface area contributed by atoms with Crippen molar-refractivity contribution in [3.05, 3.63) is 41.8 Å². The molecule has 1 atom stereocenters. The lowest BCUT2D eigenvalue weighted by atomic mass is 9.99. The maximum Gasteiger partial charge on any atom is 0.237 e. The van der Waals surface area contributed by atoms with E-state index in [0.717, 1.165) is 31.2 Å². The van der Waals surface area contributed by atoms with Crippen LogP contribution >= 0.6 is 0 Å². The van der Waals surface area contributed by atoms with Crippen LogP contribution < -0.4 is 0 Å². The Morgan fingerprint density at radius 1 is 1.20 bits per heavy atom. The van der Waals surface area contributed by atoms with E-state index in [-0.39, 0.29) is 11.7 Å². The van der Waals surface area contributed by atoms with Gasteiger partial charge in [-0.3, -0.25) is 9.78 Å². The van der Waals surface area contributed by atoms with Gasteiger partial charge in [0.1, 0.15) is 5.78 Å². The summed E-state index contributed by atoms with van der Waals surface area (Å²) in [7, 11) is 0. The van der Waals surface area contributed by atoms with Crippen molar-refractivity contribution in [2.45, 2.75) is 44.4 Å². The van der Waals surface area contributed by atoms with Gasteiger partial charge < -0.3 is 4.52 Å². The van der Waals surface area contributed by atoms with Gasteiger partial charge >= 0.3 is 0 Å². The third-order valence-corrected chi connectivity index (χ3v) is 3.70. The van der Waals surface area contributed by atoms with Crippen molar-refractivity contribution in [1.82, 2.24) is 15.1 Å². The summed E-state index contributed by atoms with van der Waals surface area (Å²) in [6.07, 6.45) is 8.69. The smallest absolute Gasteiger partial charge is 0.237 e. The summed E-state index contributed by atoms with van der Waals surface area (Å²) in [5.74, 6) is 1.15. The quantitative estimate of drug-likeness (QED) is 0.803. The molecule has 0 spiro atoms. The van der Waals surface area contributed by atoms with Gasteiger partial charge in [-0.2, -0.15) is 4.98 Å². The van der Waals surface area contributed by atoms with Crippen LogP contribution in [0.3, 0.4) is 0 Å². The second kappa shape index (κ2) is 5.94. The fourth-order valence-electron chi connectivity index (χ4n) is 2.58. The van der Waals surface area contributed by atoms with Crippen molar-refractivity contribution >= 4 is 5.78 Å². The highest BCUT2D eigenvalue weighted by Gasteiger charge is 2.27. The second-order valence-corrected chi connectivity index (χ2v) is 5.20. The average molecular weight is 271 g/mol. The number of pyridine rings is 1. The first-order valence-corrected chi connectivity index (χ1v) is 7.07. The Morgan fingerprint density at radius 2 is 2.05 bits per heavy atom. The standard InChI is InChI=1S/C15H17N3O2/c19-13-5-3-1-2-4-12(13)15-17-14(18-20-15)10-11-6-8-16-9-7-11/h6-9,12H,1-5,10H2. The number of hydrogen-bond donors (Lipinski definition) is 0. The van der Waals surface area contributed by atoms with Gasteiger partial charge in [-0.25, -0.2) is 0 Å². The molecule has 0 N–H and O–H groups in total. The zero-order valence-corrected chi connectivity index (χ0v) is 11.3. The van der Waals surface area contributed by atoms with Gasteiger partial charge in [0.15, 0.2) is 5.82 Å². The molecule has 1 aliphatic rings. The lowest BCUT2D eigenvalue weighted by Gasteiger charge is -2.06. The van der Waals surface area contributed by atoms with Crippen molar-refractivity contribution in [1.29, 1.82) is 0 Å². The fraction of sp³-hybridized carbons (Fsp3) is 0.467. The molecule has 1 unspecified atom stereocenters. The number of nitrogens with zero attached hydrogens (tertiary/aromatic N) is 3. The minimum absolute atomic E-state index is 0.198. The first-order valence-electron chi connectivity index (χ1n) is 7.07. The molecule has 0 bridgehead atoms. The van der Waals surface area contributed by atoms with Gasteiger partial charge in [-0.1, -0.05) is 18.0 Å². The number of carbonyl (C=O) groups is 1. The van der Waals surface area contributed by atoms with E-state index in [4.69, 9.17) is 4.52 Å². The Labute approximate surface area is 117 Å². The van der Waals surface area contributed by atoms with Crippen molar-refractivity contribution in [2.24, 2.45) is 0 Å². The largest absolute Gasteiger partial charge is 0.339 e. The summed E-state index contributed by atoms with van der Waals surface area (Å²) in [6, 6.07) is 3.85. The molecule has 5 nitrogen and oxygen atoms in total. The number of hydrogen-bond acceptors (Lipinski definition) is 5. The van der Waals surface area contributed by atoms with Gasteiger partial charge in [0.2, 0.25) is 5.89 Å². The molecule has 0 amide bonds. The predicted octanol–water partition coefficient (Wildman–Crippen LogP) is 2.67. The number of rotatable bonds is 3. The van der Waals surface area contributed by atoms with E-state index in [1.54, 1.807) is 12.4 Å². The monoisotopic (exact) mass is 271 g/mol. The molecule has 5 heteroatoms. The number of aromatic nitrogens is 3. The number of Topliss-reactive ketones (excluding diaryl/α,β-unsaturated/α-hetero) is 1. The van der Waals surface area contributed by atoms with Crippen LogP contribution in [0.15, 0.2) is 29.0 Å². The topological polar surface area (TPSA) is 68.9 Å². The van der Waals surface area contributed by atoms with Crippen LogP contribution in [0.25, 0.3) is 0 Å². The highest BCUT2D eigenvalue weighted by Crippen LogP contribution is 2.28. The lowest BCUT2D eigenvalue weighted by Crippen LogP contribution is -2.10. The summed E-state index contributed by atoms with van der Waals surface area (Å²) in [5, 5.41) is 3.99. The van der Waals surface area contributed by atoms with Crippen molar-refractivity contribution in [2.75, 3.05) is 0 Å². The zero-order valence-electron chi connectivity index (χ0n) is 11.3. The van der Waals surface area contributed by atoms with Crippen LogP contribution in [0.1, 0.15) is 55.3 Å². The molecule has 3 rings (SSSR count). The van der Waals surface area contributed by atoms with Crippen LogP contribution in [-0.2, 0) is 11.2 Å². The van der Waals surface area contributed by atoms with Gasteiger partial charge in [-0.05, 0) is 30.5 Å². The molecule has 0 aliphatic heterocycles. The van der Waals surface area contributed by atoms with Gasteiger partial charge in [0.05, 0.1) is 5.92 Å². The minimum Gasteiger partial charge on any atom is -0.339 e. The first kappa shape index (κ1) is 13.0. The molecule has 104 valence electrons. The van der Waals surface area contributed by atoms with E-state index in [0.29, 0.717) is 24.6 Å². The molecular weight excluding hydrogens is 254 g/mol. The summed E-state index contributed by atoms with van der Waals surface area (Å²) < 4.78 is 5.30. The van der Waals surface area contributed by atoms with E-state index < -0.39 is 0 Å². The molecule has 2 aromatic rings. The summed E-state index contributed by atoms with van der Waals surface area (Å²) in [5.41, 5.74) is 1.08. The SMILES string of the molecule is O=C1CCCCCC1c1nc(Cc2ccncc2)no1. The molecule has 1 aliphatic carbocycles. The highest BCUT2D eigenvalue weighted by atomic mass is 16.5. The van der Waals surface area contributed by atoms with Crippen LogP contribution in [0.5, 0.6) is 0 Å². The molecule has 2 heterocycles. The number of carbonyl (C=O) groups excluding carboxylic acids is 1. The van der Waals surface area contributed by atoms with E-state index in [1.807, 2.05) is 12.1 Å².